The van der Waals surface area contributed by atoms with E-state index >= 15 is 0 Å². The van der Waals surface area contributed by atoms with Gasteiger partial charge < -0.3 is 24.2 Å². The fourth-order valence-corrected chi connectivity index (χ4v) is 6.92. The summed E-state index contributed by atoms with van der Waals surface area (Å²) in [5.41, 5.74) is -0.690. The summed E-state index contributed by atoms with van der Waals surface area (Å²) < 4.78 is 18.4. The maximum Gasteiger partial charge on any atom is 0.308 e. The summed E-state index contributed by atoms with van der Waals surface area (Å²) in [4.78, 5) is 41.2. The zero-order valence-corrected chi connectivity index (χ0v) is 21.1. The molecule has 0 aromatic carbocycles. The molecule has 8 atom stereocenters. The van der Waals surface area contributed by atoms with Gasteiger partial charge in [-0.1, -0.05) is 13.8 Å². The molecule has 5 saturated heterocycles. The molecular weight excluding hydrogens is 456 g/mol. The average molecular weight is 497 g/mol. The van der Waals surface area contributed by atoms with Gasteiger partial charge in [0, 0.05) is 57.4 Å². The Morgan fingerprint density at radius 3 is 2.54 bits per heavy atom. The molecule has 1 saturated carbocycles. The van der Waals surface area contributed by atoms with Gasteiger partial charge in [-0.05, 0) is 38.0 Å². The van der Waals surface area contributed by atoms with Gasteiger partial charge in [0.2, 0.25) is 18.0 Å². The lowest BCUT2D eigenvalue weighted by Gasteiger charge is -2.59. The SMILES string of the molecule is C[C@H]1[C@H](OC(=O)CCC(=O)N2CCN(CCO)CC2)O[C@@H]2O[C@@]3(C)CC[C@@H]4[C@H](C)CC[C@@H]1[C@@]24OO3. The maximum atomic E-state index is 12.8. The Kier molecular flexibility index (Phi) is 7.15. The van der Waals surface area contributed by atoms with Crippen molar-refractivity contribution in [3.05, 3.63) is 0 Å². The van der Waals surface area contributed by atoms with Crippen molar-refractivity contribution < 1.29 is 38.7 Å². The fraction of sp³-hybridized carbons (Fsp3) is 0.920. The molecule has 1 spiro atoms. The van der Waals surface area contributed by atoms with Crippen LogP contribution in [0.1, 0.15) is 59.3 Å². The number of rotatable bonds is 6. The minimum atomic E-state index is -0.875. The van der Waals surface area contributed by atoms with E-state index in [9.17, 15) is 9.59 Å². The molecule has 6 aliphatic rings. The number of ether oxygens (including phenoxy) is 3. The first-order valence-electron chi connectivity index (χ1n) is 13.3. The third-order valence-corrected chi connectivity index (χ3v) is 9.03. The smallest absolute Gasteiger partial charge is 0.308 e. The second-order valence-corrected chi connectivity index (χ2v) is 11.2. The lowest BCUT2D eigenvalue weighted by atomic mass is 9.58. The first-order chi connectivity index (χ1) is 16.8. The second kappa shape index (κ2) is 9.87. The molecule has 1 N–H and O–H groups in total. The highest BCUT2D eigenvalue weighted by Crippen LogP contribution is 2.60. The van der Waals surface area contributed by atoms with Crippen LogP contribution in [0.5, 0.6) is 0 Å². The van der Waals surface area contributed by atoms with Gasteiger partial charge in [-0.2, -0.15) is 0 Å². The highest BCUT2D eigenvalue weighted by atomic mass is 17.3. The molecule has 5 heterocycles. The number of piperazine rings is 1. The number of hydrogen-bond donors (Lipinski definition) is 1. The second-order valence-electron chi connectivity index (χ2n) is 11.2. The van der Waals surface area contributed by atoms with E-state index in [1.165, 1.54) is 0 Å². The Labute approximate surface area is 207 Å². The molecule has 1 aliphatic carbocycles. The fourth-order valence-electron chi connectivity index (χ4n) is 6.92. The minimum absolute atomic E-state index is 0.0145. The summed E-state index contributed by atoms with van der Waals surface area (Å²) >= 11 is 0. The molecule has 0 radical (unpaired) electrons. The lowest BCUT2D eigenvalue weighted by Crippen LogP contribution is -2.70. The van der Waals surface area contributed by atoms with Crippen molar-refractivity contribution in [2.75, 3.05) is 39.3 Å². The van der Waals surface area contributed by atoms with E-state index in [1.807, 2.05) is 13.8 Å². The minimum Gasteiger partial charge on any atom is -0.435 e. The van der Waals surface area contributed by atoms with Crippen molar-refractivity contribution in [3.63, 3.8) is 0 Å². The van der Waals surface area contributed by atoms with E-state index < -0.39 is 29.9 Å². The van der Waals surface area contributed by atoms with Crippen LogP contribution in [0.15, 0.2) is 0 Å². The molecule has 6 rings (SSSR count). The molecule has 2 bridgehead atoms. The van der Waals surface area contributed by atoms with Crippen molar-refractivity contribution in [2.45, 2.75) is 83.3 Å². The molecule has 10 heteroatoms. The Morgan fingerprint density at radius 2 is 1.80 bits per heavy atom. The van der Waals surface area contributed by atoms with Crippen LogP contribution >= 0.6 is 0 Å². The molecule has 0 aromatic rings. The molecule has 5 aliphatic heterocycles. The summed E-state index contributed by atoms with van der Waals surface area (Å²) in [7, 11) is 0. The first kappa shape index (κ1) is 25.4. The number of carbonyl (C=O) groups is 2. The van der Waals surface area contributed by atoms with Crippen LogP contribution in [0.25, 0.3) is 0 Å². The molecule has 1 amide bonds. The third-order valence-electron chi connectivity index (χ3n) is 9.03. The zero-order valence-electron chi connectivity index (χ0n) is 21.1. The van der Waals surface area contributed by atoms with E-state index in [2.05, 4.69) is 11.8 Å². The van der Waals surface area contributed by atoms with Crippen LogP contribution in [0, 0.1) is 23.7 Å². The molecule has 0 aromatic heterocycles. The third kappa shape index (κ3) is 4.62. The number of nitrogens with zero attached hydrogens (tertiary/aromatic N) is 2. The van der Waals surface area contributed by atoms with Gasteiger partial charge in [-0.25, -0.2) is 9.78 Å². The monoisotopic (exact) mass is 496 g/mol. The van der Waals surface area contributed by atoms with Gasteiger partial charge in [0.25, 0.3) is 0 Å². The standard InChI is InChI=1S/C25H40N2O8/c1-16-4-5-19-17(2)22(32-23-25(19)18(16)8-9-24(3,33-23)34-35-25)31-21(30)7-6-20(29)27-12-10-26(11-13-27)14-15-28/h16-19,22-23,28H,4-15H2,1-3H3/t16-,17-,18-,19+,22-,23-,24-,25-/m1/s1. The van der Waals surface area contributed by atoms with Gasteiger partial charge in [-0.3, -0.25) is 14.5 Å². The van der Waals surface area contributed by atoms with Crippen molar-refractivity contribution in [1.82, 2.24) is 9.80 Å². The van der Waals surface area contributed by atoms with Crippen molar-refractivity contribution in [2.24, 2.45) is 23.7 Å². The normalized spacial score (nSPS) is 43.4. The average Bonchev–Trinajstić information content (AvgIpc) is 3.07. The summed E-state index contributed by atoms with van der Waals surface area (Å²) in [6.45, 7) is 9.60. The number of aliphatic hydroxyl groups is 1. The van der Waals surface area contributed by atoms with E-state index in [0.717, 1.165) is 38.8 Å². The zero-order chi connectivity index (χ0) is 24.8. The Hall–Kier alpha value is -1.30. The number of carbonyl (C=O) groups excluding carboxylic acids is 2. The number of aliphatic hydroxyl groups excluding tert-OH is 1. The summed E-state index contributed by atoms with van der Waals surface area (Å²) in [5, 5.41) is 9.07. The predicted octanol–water partition coefficient (Wildman–Crippen LogP) is 1.65. The Balaban J connectivity index is 1.19. The van der Waals surface area contributed by atoms with Crippen LogP contribution < -0.4 is 0 Å². The first-order valence-corrected chi connectivity index (χ1v) is 13.3. The van der Waals surface area contributed by atoms with Gasteiger partial charge >= 0.3 is 5.97 Å². The summed E-state index contributed by atoms with van der Waals surface area (Å²) in [6.07, 6.45) is 2.40. The van der Waals surface area contributed by atoms with Gasteiger partial charge in [0.05, 0.1) is 13.0 Å². The van der Waals surface area contributed by atoms with Crippen molar-refractivity contribution in [3.8, 4) is 0 Å². The molecular formula is C25H40N2O8. The predicted molar refractivity (Wildman–Crippen MR) is 122 cm³/mol. The van der Waals surface area contributed by atoms with Crippen LogP contribution in [0.2, 0.25) is 0 Å². The number of fused-ring (bicyclic) bond motifs is 2. The lowest BCUT2D eigenvalue weighted by molar-refractivity contribution is -0.576. The number of esters is 1. The Morgan fingerprint density at radius 1 is 1.03 bits per heavy atom. The van der Waals surface area contributed by atoms with Crippen molar-refractivity contribution in [1.29, 1.82) is 0 Å². The number of β-amino-alcohol motifs (C(OH)–C–C–N with tert-alkyl or cyclic N) is 1. The number of hydrogen-bond acceptors (Lipinski definition) is 9. The molecule has 6 fully saturated rings. The van der Waals surface area contributed by atoms with E-state index in [-0.39, 0.29) is 43.1 Å². The Bertz CT molecular complexity index is 804. The van der Waals surface area contributed by atoms with Gasteiger partial charge in [0.15, 0.2) is 11.9 Å². The van der Waals surface area contributed by atoms with E-state index in [1.54, 1.807) is 4.90 Å². The van der Waals surface area contributed by atoms with Gasteiger partial charge in [-0.15, -0.1) is 0 Å². The van der Waals surface area contributed by atoms with Crippen LogP contribution in [-0.4, -0.2) is 90.1 Å². The van der Waals surface area contributed by atoms with Crippen molar-refractivity contribution >= 4 is 11.9 Å². The molecule has 198 valence electrons. The van der Waals surface area contributed by atoms with Gasteiger partial charge in [0.1, 0.15) is 0 Å². The number of amides is 1. The summed E-state index contributed by atoms with van der Waals surface area (Å²) in [6, 6.07) is 0. The summed E-state index contributed by atoms with van der Waals surface area (Å²) in [5.74, 6) is -0.643. The highest BCUT2D eigenvalue weighted by Gasteiger charge is 2.69. The van der Waals surface area contributed by atoms with Crippen LogP contribution in [0.4, 0.5) is 0 Å². The van der Waals surface area contributed by atoms with Crippen LogP contribution in [0.3, 0.4) is 0 Å². The molecule has 0 unspecified atom stereocenters. The topological polar surface area (TPSA) is 107 Å². The van der Waals surface area contributed by atoms with Crippen LogP contribution in [-0.2, 0) is 33.6 Å². The quantitative estimate of drug-likeness (QED) is 0.434. The molecule has 10 nitrogen and oxygen atoms in total. The molecule has 35 heavy (non-hydrogen) atoms. The maximum absolute atomic E-state index is 12.8. The largest absolute Gasteiger partial charge is 0.435 e. The highest BCUT2D eigenvalue weighted by molar-refractivity contribution is 5.81. The van der Waals surface area contributed by atoms with E-state index in [4.69, 9.17) is 29.1 Å². The van der Waals surface area contributed by atoms with E-state index in [0.29, 0.717) is 25.6 Å².